The van der Waals surface area contributed by atoms with Gasteiger partial charge in [0.25, 0.3) is 0 Å². The van der Waals surface area contributed by atoms with E-state index in [9.17, 15) is 4.79 Å². The molecule has 0 aliphatic heterocycles. The fraction of sp³-hybridized carbons (Fsp3) is 0.417. The highest BCUT2D eigenvalue weighted by atomic mass is 16.1. The van der Waals surface area contributed by atoms with E-state index in [1.165, 1.54) is 11.1 Å². The Morgan fingerprint density at radius 1 is 1.40 bits per heavy atom. The van der Waals surface area contributed by atoms with E-state index in [2.05, 4.69) is 36.5 Å². The van der Waals surface area contributed by atoms with Gasteiger partial charge in [0.05, 0.1) is 5.54 Å². The van der Waals surface area contributed by atoms with Crippen LogP contribution in [0.25, 0.3) is 0 Å². The lowest BCUT2D eigenvalue weighted by atomic mass is 10.1. The van der Waals surface area contributed by atoms with Crippen molar-refractivity contribution in [2.24, 2.45) is 5.73 Å². The molecule has 3 heteroatoms. The fourth-order valence-electron chi connectivity index (χ4n) is 1.61. The lowest BCUT2D eigenvalue weighted by Gasteiger charge is -2.13. The number of nitrogens with two attached hydrogens (primary N) is 1. The third kappa shape index (κ3) is 2.18. The van der Waals surface area contributed by atoms with Gasteiger partial charge >= 0.3 is 0 Å². The van der Waals surface area contributed by atoms with E-state index in [1.54, 1.807) is 0 Å². The van der Waals surface area contributed by atoms with Gasteiger partial charge in [-0.2, -0.15) is 0 Å². The number of nitrogens with one attached hydrogen (secondary N) is 1. The molecule has 1 aliphatic carbocycles. The molecule has 80 valence electrons. The van der Waals surface area contributed by atoms with Crippen LogP contribution in [-0.2, 0) is 11.3 Å². The molecule has 1 saturated carbocycles. The van der Waals surface area contributed by atoms with Crippen LogP contribution in [0.4, 0.5) is 0 Å². The third-order valence-electron chi connectivity index (χ3n) is 2.97. The van der Waals surface area contributed by atoms with Gasteiger partial charge in [0.15, 0.2) is 0 Å². The quantitative estimate of drug-likeness (QED) is 0.771. The predicted octanol–water partition coefficient (Wildman–Crippen LogP) is 1.10. The second kappa shape index (κ2) is 3.66. The molecule has 0 heterocycles. The van der Waals surface area contributed by atoms with E-state index >= 15 is 0 Å². The minimum absolute atomic E-state index is 0.227. The summed E-state index contributed by atoms with van der Waals surface area (Å²) in [5, 5.41) is 3.23. The zero-order valence-electron chi connectivity index (χ0n) is 8.92. The van der Waals surface area contributed by atoms with E-state index in [4.69, 9.17) is 5.73 Å². The maximum absolute atomic E-state index is 11.1. The van der Waals surface area contributed by atoms with Gasteiger partial charge in [-0.3, -0.25) is 10.1 Å². The first kappa shape index (κ1) is 10.2. The van der Waals surface area contributed by atoms with Gasteiger partial charge in [-0.25, -0.2) is 0 Å². The minimum atomic E-state index is -0.412. The van der Waals surface area contributed by atoms with Crippen molar-refractivity contribution in [3.63, 3.8) is 0 Å². The van der Waals surface area contributed by atoms with Crippen molar-refractivity contribution in [3.8, 4) is 0 Å². The number of rotatable bonds is 4. The second-order valence-electron chi connectivity index (χ2n) is 4.29. The highest BCUT2D eigenvalue weighted by Gasteiger charge is 2.47. The Balaban J connectivity index is 1.94. The van der Waals surface area contributed by atoms with E-state index in [-0.39, 0.29) is 5.91 Å². The molecule has 1 amide bonds. The number of carbonyl (C=O) groups is 1. The van der Waals surface area contributed by atoms with Gasteiger partial charge in [-0.15, -0.1) is 0 Å². The van der Waals surface area contributed by atoms with Crippen molar-refractivity contribution in [2.45, 2.75) is 31.8 Å². The molecule has 1 aromatic carbocycles. The van der Waals surface area contributed by atoms with Crippen molar-refractivity contribution < 1.29 is 4.79 Å². The number of primary amides is 1. The first-order valence-electron chi connectivity index (χ1n) is 5.23. The average Bonchev–Trinajstić information content (AvgIpc) is 2.98. The van der Waals surface area contributed by atoms with Crippen LogP contribution in [0.1, 0.15) is 24.0 Å². The topological polar surface area (TPSA) is 55.1 Å². The molecule has 0 spiro atoms. The Morgan fingerprint density at radius 2 is 2.00 bits per heavy atom. The molecular weight excluding hydrogens is 188 g/mol. The minimum Gasteiger partial charge on any atom is -0.368 e. The zero-order chi connectivity index (χ0) is 10.9. The summed E-state index contributed by atoms with van der Waals surface area (Å²) in [4.78, 5) is 11.1. The van der Waals surface area contributed by atoms with Gasteiger partial charge in [-0.1, -0.05) is 29.8 Å². The molecular formula is C12H16N2O. The molecule has 1 aromatic rings. The molecule has 0 aromatic heterocycles. The van der Waals surface area contributed by atoms with Crippen molar-refractivity contribution >= 4 is 5.91 Å². The summed E-state index contributed by atoms with van der Waals surface area (Å²) in [7, 11) is 0. The van der Waals surface area contributed by atoms with Crippen molar-refractivity contribution in [1.82, 2.24) is 5.32 Å². The molecule has 1 fully saturated rings. The number of hydrogen-bond donors (Lipinski definition) is 2. The molecule has 15 heavy (non-hydrogen) atoms. The van der Waals surface area contributed by atoms with Crippen molar-refractivity contribution in [1.29, 1.82) is 0 Å². The van der Waals surface area contributed by atoms with E-state index in [1.807, 2.05) is 0 Å². The molecule has 0 bridgehead atoms. The standard InChI is InChI=1S/C12H16N2O/c1-9-2-4-10(5-3-9)8-14-12(6-7-12)11(13)15/h2-5,14H,6-8H2,1H3,(H2,13,15). The molecule has 3 N–H and O–H groups in total. The summed E-state index contributed by atoms with van der Waals surface area (Å²) in [6.45, 7) is 2.77. The first-order chi connectivity index (χ1) is 7.12. The molecule has 1 aliphatic rings. The van der Waals surface area contributed by atoms with Crippen LogP contribution in [0, 0.1) is 6.92 Å². The van der Waals surface area contributed by atoms with E-state index in [0.717, 1.165) is 12.8 Å². The number of benzene rings is 1. The van der Waals surface area contributed by atoms with E-state index in [0.29, 0.717) is 6.54 Å². The maximum atomic E-state index is 11.1. The number of hydrogen-bond acceptors (Lipinski definition) is 2. The largest absolute Gasteiger partial charge is 0.368 e. The Kier molecular flexibility index (Phi) is 2.49. The first-order valence-corrected chi connectivity index (χ1v) is 5.23. The zero-order valence-corrected chi connectivity index (χ0v) is 8.92. The number of aryl methyl sites for hydroxylation is 1. The fourth-order valence-corrected chi connectivity index (χ4v) is 1.61. The monoisotopic (exact) mass is 204 g/mol. The van der Waals surface area contributed by atoms with Crippen LogP contribution in [0.3, 0.4) is 0 Å². The van der Waals surface area contributed by atoms with Crippen molar-refractivity contribution in [2.75, 3.05) is 0 Å². The lowest BCUT2D eigenvalue weighted by molar-refractivity contribution is -0.121. The Labute approximate surface area is 89.7 Å². The summed E-state index contributed by atoms with van der Waals surface area (Å²) in [5.41, 5.74) is 7.34. The molecule has 3 nitrogen and oxygen atoms in total. The summed E-state index contributed by atoms with van der Waals surface area (Å²) in [5.74, 6) is -0.227. The van der Waals surface area contributed by atoms with Gasteiger partial charge in [0.1, 0.15) is 0 Å². The summed E-state index contributed by atoms with van der Waals surface area (Å²) < 4.78 is 0. The average molecular weight is 204 g/mol. The Hall–Kier alpha value is -1.35. The highest BCUT2D eigenvalue weighted by Crippen LogP contribution is 2.35. The van der Waals surface area contributed by atoms with Crippen LogP contribution in [-0.4, -0.2) is 11.4 Å². The van der Waals surface area contributed by atoms with Gasteiger partial charge in [-0.05, 0) is 25.3 Å². The summed E-state index contributed by atoms with van der Waals surface area (Å²) in [6, 6.07) is 8.28. The van der Waals surface area contributed by atoms with Gasteiger partial charge in [0.2, 0.25) is 5.91 Å². The Bertz CT molecular complexity index is 366. The lowest BCUT2D eigenvalue weighted by Crippen LogP contribution is -2.43. The predicted molar refractivity (Wildman–Crippen MR) is 59.2 cm³/mol. The number of carbonyl (C=O) groups excluding carboxylic acids is 1. The molecule has 2 rings (SSSR count). The van der Waals surface area contributed by atoms with Gasteiger partial charge < -0.3 is 5.73 Å². The molecule has 0 radical (unpaired) electrons. The molecule has 0 unspecified atom stereocenters. The SMILES string of the molecule is Cc1ccc(CNC2(C(N)=O)CC2)cc1. The van der Waals surface area contributed by atoms with Crippen LogP contribution >= 0.6 is 0 Å². The molecule has 0 saturated heterocycles. The van der Waals surface area contributed by atoms with Gasteiger partial charge in [0, 0.05) is 6.54 Å². The molecule has 0 atom stereocenters. The third-order valence-corrected chi connectivity index (χ3v) is 2.97. The maximum Gasteiger partial charge on any atom is 0.237 e. The van der Waals surface area contributed by atoms with Crippen LogP contribution in [0.5, 0.6) is 0 Å². The van der Waals surface area contributed by atoms with Crippen molar-refractivity contribution in [3.05, 3.63) is 35.4 Å². The Morgan fingerprint density at radius 3 is 2.47 bits per heavy atom. The van der Waals surface area contributed by atoms with Crippen LogP contribution < -0.4 is 11.1 Å². The van der Waals surface area contributed by atoms with Crippen LogP contribution in [0.2, 0.25) is 0 Å². The highest BCUT2D eigenvalue weighted by molar-refractivity contribution is 5.87. The second-order valence-corrected chi connectivity index (χ2v) is 4.29. The number of amides is 1. The smallest absolute Gasteiger partial charge is 0.237 e. The summed E-state index contributed by atoms with van der Waals surface area (Å²) >= 11 is 0. The normalized spacial score (nSPS) is 17.4. The van der Waals surface area contributed by atoms with Crippen LogP contribution in [0.15, 0.2) is 24.3 Å². The van der Waals surface area contributed by atoms with E-state index < -0.39 is 5.54 Å². The summed E-state index contributed by atoms with van der Waals surface area (Å²) in [6.07, 6.45) is 1.74.